The topological polar surface area (TPSA) is 65.4 Å². The zero-order chi connectivity index (χ0) is 25.3. The average molecular weight is 486 g/mol. The van der Waals surface area contributed by atoms with E-state index in [9.17, 15) is 4.79 Å². The van der Waals surface area contributed by atoms with E-state index in [0.29, 0.717) is 19.6 Å². The summed E-state index contributed by atoms with van der Waals surface area (Å²) in [6, 6.07) is 22.3. The molecule has 0 aliphatic rings. The summed E-state index contributed by atoms with van der Waals surface area (Å²) in [6.07, 6.45) is 2.59. The molecule has 6 nitrogen and oxygen atoms in total. The molecule has 0 aliphatic carbocycles. The highest BCUT2D eigenvalue weighted by atomic mass is 16.5. The van der Waals surface area contributed by atoms with Crippen LogP contribution in [-0.2, 0) is 17.8 Å². The Kier molecular flexibility index (Phi) is 8.61. The summed E-state index contributed by atoms with van der Waals surface area (Å²) >= 11 is 0. The second-order valence-corrected chi connectivity index (χ2v) is 9.19. The Bertz CT molecular complexity index is 1290. The van der Waals surface area contributed by atoms with E-state index in [1.807, 2.05) is 62.4 Å². The summed E-state index contributed by atoms with van der Waals surface area (Å²) in [5.74, 6) is 2.50. The van der Waals surface area contributed by atoms with Crippen LogP contribution in [0.25, 0.3) is 11.0 Å². The number of unbranched alkanes of at least 4 members (excludes halogenated alkanes) is 1. The molecule has 1 amide bonds. The highest BCUT2D eigenvalue weighted by Gasteiger charge is 2.11. The molecule has 0 spiro atoms. The van der Waals surface area contributed by atoms with E-state index >= 15 is 0 Å². The minimum Gasteiger partial charge on any atom is -0.494 e. The van der Waals surface area contributed by atoms with Crippen LogP contribution >= 0.6 is 0 Å². The number of benzene rings is 3. The van der Waals surface area contributed by atoms with Gasteiger partial charge in [0.15, 0.2) is 6.61 Å². The lowest BCUT2D eigenvalue weighted by Gasteiger charge is -2.12. The first-order valence-corrected chi connectivity index (χ1v) is 12.6. The summed E-state index contributed by atoms with van der Waals surface area (Å²) in [4.78, 5) is 17.2. The van der Waals surface area contributed by atoms with Gasteiger partial charge in [0.2, 0.25) is 0 Å². The summed E-state index contributed by atoms with van der Waals surface area (Å²) in [5, 5.41) is 2.97. The van der Waals surface area contributed by atoms with Crippen LogP contribution in [0.2, 0.25) is 0 Å². The van der Waals surface area contributed by atoms with Crippen molar-refractivity contribution in [3.63, 3.8) is 0 Å². The van der Waals surface area contributed by atoms with Gasteiger partial charge in [0.05, 0.1) is 17.6 Å². The molecule has 4 aromatic rings. The van der Waals surface area contributed by atoms with Crippen molar-refractivity contribution >= 4 is 16.9 Å². The van der Waals surface area contributed by atoms with Gasteiger partial charge in [-0.15, -0.1) is 0 Å². The smallest absolute Gasteiger partial charge is 0.257 e. The molecule has 1 heterocycles. The van der Waals surface area contributed by atoms with Gasteiger partial charge in [-0.3, -0.25) is 4.79 Å². The SMILES string of the molecule is Cc1ccc(OCCCCn2c(CCNC(=O)COc3cc(C)ccc3C)nc3ccccc32)cc1. The van der Waals surface area contributed by atoms with E-state index in [-0.39, 0.29) is 12.5 Å². The first-order valence-electron chi connectivity index (χ1n) is 12.6. The van der Waals surface area contributed by atoms with E-state index in [1.54, 1.807) is 0 Å². The lowest BCUT2D eigenvalue weighted by atomic mass is 10.1. The fourth-order valence-corrected chi connectivity index (χ4v) is 4.13. The van der Waals surface area contributed by atoms with Gasteiger partial charge in [0, 0.05) is 19.5 Å². The highest BCUT2D eigenvalue weighted by molar-refractivity contribution is 5.78. The predicted molar refractivity (Wildman–Crippen MR) is 144 cm³/mol. The van der Waals surface area contributed by atoms with Gasteiger partial charge in [0.25, 0.3) is 5.91 Å². The number of amides is 1. The molecule has 36 heavy (non-hydrogen) atoms. The van der Waals surface area contributed by atoms with Crippen molar-refractivity contribution in [1.82, 2.24) is 14.9 Å². The first kappa shape index (κ1) is 25.3. The second-order valence-electron chi connectivity index (χ2n) is 9.19. The number of hydrogen-bond donors (Lipinski definition) is 1. The molecular formula is C30H35N3O3. The van der Waals surface area contributed by atoms with Crippen molar-refractivity contribution in [3.05, 3.63) is 89.2 Å². The number of nitrogens with one attached hydrogen (secondary N) is 1. The standard InChI is InChI=1S/C30H35N3O3/c1-22-11-14-25(15-12-22)35-19-7-6-18-33-27-9-5-4-8-26(27)32-29(33)16-17-31-30(34)21-36-28-20-23(2)10-13-24(28)3/h4-5,8-15,20H,6-7,16-19,21H2,1-3H3,(H,31,34). The van der Waals surface area contributed by atoms with Crippen molar-refractivity contribution in [2.45, 2.75) is 46.6 Å². The van der Waals surface area contributed by atoms with E-state index in [4.69, 9.17) is 14.5 Å². The third-order valence-corrected chi connectivity index (χ3v) is 6.17. The number of ether oxygens (including phenoxy) is 2. The number of hydrogen-bond acceptors (Lipinski definition) is 4. The Labute approximate surface area is 213 Å². The fraction of sp³-hybridized carbons (Fsp3) is 0.333. The normalized spacial score (nSPS) is 11.0. The number of carbonyl (C=O) groups is 1. The summed E-state index contributed by atoms with van der Waals surface area (Å²) in [5.41, 5.74) is 5.46. The number of para-hydroxylation sites is 2. The van der Waals surface area contributed by atoms with Gasteiger partial charge in [0.1, 0.15) is 17.3 Å². The molecule has 1 aromatic heterocycles. The Hall–Kier alpha value is -3.80. The zero-order valence-corrected chi connectivity index (χ0v) is 21.4. The summed E-state index contributed by atoms with van der Waals surface area (Å²) in [6.45, 7) is 8.11. The highest BCUT2D eigenvalue weighted by Crippen LogP contribution is 2.19. The maximum Gasteiger partial charge on any atom is 0.257 e. The number of aryl methyl sites for hydroxylation is 4. The van der Waals surface area contributed by atoms with Crippen molar-refractivity contribution < 1.29 is 14.3 Å². The second kappa shape index (κ2) is 12.2. The molecule has 0 unspecified atom stereocenters. The van der Waals surface area contributed by atoms with E-state index < -0.39 is 0 Å². The number of carbonyl (C=O) groups excluding carboxylic acids is 1. The molecule has 0 aliphatic heterocycles. The summed E-state index contributed by atoms with van der Waals surface area (Å²) in [7, 11) is 0. The van der Waals surface area contributed by atoms with Crippen LogP contribution in [0, 0.1) is 20.8 Å². The predicted octanol–water partition coefficient (Wildman–Crippen LogP) is 5.56. The van der Waals surface area contributed by atoms with Crippen LogP contribution in [-0.4, -0.2) is 35.2 Å². The molecule has 0 saturated heterocycles. The monoisotopic (exact) mass is 485 g/mol. The zero-order valence-electron chi connectivity index (χ0n) is 21.4. The van der Waals surface area contributed by atoms with Crippen LogP contribution < -0.4 is 14.8 Å². The van der Waals surface area contributed by atoms with E-state index in [1.165, 1.54) is 5.56 Å². The largest absolute Gasteiger partial charge is 0.494 e. The lowest BCUT2D eigenvalue weighted by molar-refractivity contribution is -0.123. The summed E-state index contributed by atoms with van der Waals surface area (Å²) < 4.78 is 13.9. The van der Waals surface area contributed by atoms with Gasteiger partial charge in [-0.2, -0.15) is 0 Å². The molecule has 0 saturated carbocycles. The molecule has 4 rings (SSSR count). The van der Waals surface area contributed by atoms with Gasteiger partial charge < -0.3 is 19.4 Å². The average Bonchev–Trinajstić information content (AvgIpc) is 3.23. The molecule has 0 atom stereocenters. The third kappa shape index (κ3) is 6.87. The number of rotatable bonds is 12. The molecule has 0 radical (unpaired) electrons. The number of nitrogens with zero attached hydrogens (tertiary/aromatic N) is 2. The number of fused-ring (bicyclic) bond motifs is 1. The third-order valence-electron chi connectivity index (χ3n) is 6.17. The van der Waals surface area contributed by atoms with Gasteiger partial charge in [-0.1, -0.05) is 42.0 Å². The lowest BCUT2D eigenvalue weighted by Crippen LogP contribution is -2.31. The van der Waals surface area contributed by atoms with Gasteiger partial charge >= 0.3 is 0 Å². The van der Waals surface area contributed by atoms with Crippen molar-refractivity contribution in [3.8, 4) is 11.5 Å². The molecule has 1 N–H and O–H groups in total. The fourth-order valence-electron chi connectivity index (χ4n) is 4.13. The van der Waals surface area contributed by atoms with Gasteiger partial charge in [-0.25, -0.2) is 4.98 Å². The van der Waals surface area contributed by atoms with E-state index in [0.717, 1.165) is 58.9 Å². The van der Waals surface area contributed by atoms with Crippen LogP contribution in [0.15, 0.2) is 66.7 Å². The van der Waals surface area contributed by atoms with Crippen molar-refractivity contribution in [1.29, 1.82) is 0 Å². The van der Waals surface area contributed by atoms with Crippen LogP contribution in [0.1, 0.15) is 35.4 Å². The maximum atomic E-state index is 12.4. The van der Waals surface area contributed by atoms with Crippen LogP contribution in [0.3, 0.4) is 0 Å². The number of imidazole rings is 1. The van der Waals surface area contributed by atoms with Crippen LogP contribution in [0.4, 0.5) is 0 Å². The first-order chi connectivity index (χ1) is 17.5. The Morgan fingerprint density at radius 2 is 1.69 bits per heavy atom. The quantitative estimate of drug-likeness (QED) is 0.267. The van der Waals surface area contributed by atoms with Crippen molar-refractivity contribution in [2.24, 2.45) is 0 Å². The minimum absolute atomic E-state index is 0.00168. The number of aromatic nitrogens is 2. The Morgan fingerprint density at radius 3 is 2.53 bits per heavy atom. The molecular weight excluding hydrogens is 450 g/mol. The maximum absolute atomic E-state index is 12.4. The Morgan fingerprint density at radius 1 is 0.917 bits per heavy atom. The Balaban J connectivity index is 1.27. The van der Waals surface area contributed by atoms with Gasteiger partial charge in [-0.05, 0) is 75.1 Å². The molecule has 0 bridgehead atoms. The molecule has 188 valence electrons. The van der Waals surface area contributed by atoms with Crippen LogP contribution in [0.5, 0.6) is 11.5 Å². The minimum atomic E-state index is -0.133. The molecule has 6 heteroatoms. The molecule has 3 aromatic carbocycles. The van der Waals surface area contributed by atoms with Crippen molar-refractivity contribution in [2.75, 3.05) is 19.8 Å². The van der Waals surface area contributed by atoms with E-state index in [2.05, 4.69) is 35.0 Å². The molecule has 0 fully saturated rings.